The number of aliphatic hydroxyl groups excluding tert-OH is 1. The number of benzene rings is 1. The summed E-state index contributed by atoms with van der Waals surface area (Å²) in [6.07, 6.45) is 1.79. The van der Waals surface area contributed by atoms with Crippen molar-refractivity contribution < 1.29 is 9.90 Å². The Morgan fingerprint density at radius 1 is 1.44 bits per heavy atom. The summed E-state index contributed by atoms with van der Waals surface area (Å²) in [4.78, 5) is 14.3. The van der Waals surface area contributed by atoms with Crippen LogP contribution >= 0.6 is 38.5 Å². The molecular formula is C13H15BrINO2. The number of rotatable bonds is 2. The van der Waals surface area contributed by atoms with Gasteiger partial charge in [0.15, 0.2) is 0 Å². The third-order valence-electron chi connectivity index (χ3n) is 3.32. The van der Waals surface area contributed by atoms with E-state index in [1.807, 2.05) is 23.1 Å². The first-order valence-electron chi connectivity index (χ1n) is 5.97. The first kappa shape index (κ1) is 14.3. The molecule has 5 heteroatoms. The largest absolute Gasteiger partial charge is 0.396 e. The highest BCUT2D eigenvalue weighted by molar-refractivity contribution is 14.1. The zero-order valence-corrected chi connectivity index (χ0v) is 13.6. The molecule has 1 aliphatic rings. The molecule has 18 heavy (non-hydrogen) atoms. The second-order valence-electron chi connectivity index (χ2n) is 4.54. The van der Waals surface area contributed by atoms with Gasteiger partial charge in [0, 0.05) is 27.7 Å². The molecule has 1 aromatic carbocycles. The van der Waals surface area contributed by atoms with Crippen LogP contribution < -0.4 is 0 Å². The van der Waals surface area contributed by atoms with Gasteiger partial charge in [-0.3, -0.25) is 4.79 Å². The van der Waals surface area contributed by atoms with Crippen LogP contribution in [0.15, 0.2) is 22.7 Å². The van der Waals surface area contributed by atoms with Gasteiger partial charge in [-0.2, -0.15) is 0 Å². The Morgan fingerprint density at radius 2 is 2.11 bits per heavy atom. The van der Waals surface area contributed by atoms with Crippen LogP contribution in [-0.4, -0.2) is 35.6 Å². The number of halogens is 2. The average Bonchev–Trinajstić information content (AvgIpc) is 2.41. The van der Waals surface area contributed by atoms with Crippen molar-refractivity contribution in [2.75, 3.05) is 19.7 Å². The van der Waals surface area contributed by atoms with Crippen LogP contribution in [0.3, 0.4) is 0 Å². The molecule has 0 saturated carbocycles. The topological polar surface area (TPSA) is 40.5 Å². The second kappa shape index (κ2) is 6.34. The minimum absolute atomic E-state index is 0.0945. The lowest BCUT2D eigenvalue weighted by Crippen LogP contribution is -2.39. The molecule has 1 amide bonds. The molecule has 1 N–H and O–H groups in total. The lowest BCUT2D eigenvalue weighted by atomic mass is 9.97. The Bertz CT molecular complexity index is 445. The normalized spacial score (nSPS) is 16.9. The van der Waals surface area contributed by atoms with E-state index in [-0.39, 0.29) is 12.5 Å². The van der Waals surface area contributed by atoms with E-state index in [9.17, 15) is 4.79 Å². The van der Waals surface area contributed by atoms with E-state index in [0.717, 1.165) is 39.5 Å². The number of carbonyl (C=O) groups is 1. The SMILES string of the molecule is O=C(c1cc(Br)ccc1I)N1CCC(CO)CC1. The Morgan fingerprint density at radius 3 is 2.72 bits per heavy atom. The highest BCUT2D eigenvalue weighted by atomic mass is 127. The van der Waals surface area contributed by atoms with Gasteiger partial charge < -0.3 is 10.0 Å². The van der Waals surface area contributed by atoms with Crippen molar-refractivity contribution in [1.82, 2.24) is 4.90 Å². The van der Waals surface area contributed by atoms with Gasteiger partial charge in [0.05, 0.1) is 5.56 Å². The molecule has 1 fully saturated rings. The fourth-order valence-electron chi connectivity index (χ4n) is 2.15. The van der Waals surface area contributed by atoms with Crippen LogP contribution in [-0.2, 0) is 0 Å². The van der Waals surface area contributed by atoms with Crippen molar-refractivity contribution in [3.63, 3.8) is 0 Å². The molecule has 1 aromatic rings. The van der Waals surface area contributed by atoms with Crippen LogP contribution in [0.2, 0.25) is 0 Å². The number of nitrogens with zero attached hydrogens (tertiary/aromatic N) is 1. The lowest BCUT2D eigenvalue weighted by molar-refractivity contribution is 0.0650. The van der Waals surface area contributed by atoms with Crippen molar-refractivity contribution in [3.8, 4) is 0 Å². The molecular weight excluding hydrogens is 409 g/mol. The first-order chi connectivity index (χ1) is 8.61. The fourth-order valence-corrected chi connectivity index (χ4v) is 3.08. The zero-order chi connectivity index (χ0) is 13.1. The second-order valence-corrected chi connectivity index (χ2v) is 6.62. The van der Waals surface area contributed by atoms with Crippen molar-refractivity contribution in [2.24, 2.45) is 5.92 Å². The van der Waals surface area contributed by atoms with Gasteiger partial charge in [-0.25, -0.2) is 0 Å². The predicted octanol–water partition coefficient (Wildman–Crippen LogP) is 2.90. The van der Waals surface area contributed by atoms with Crippen molar-refractivity contribution >= 4 is 44.4 Å². The molecule has 0 spiro atoms. The van der Waals surface area contributed by atoms with Crippen molar-refractivity contribution in [3.05, 3.63) is 31.8 Å². The minimum Gasteiger partial charge on any atom is -0.396 e. The standard InChI is InChI=1S/C13H15BrINO2/c14-10-1-2-12(15)11(7-10)13(18)16-5-3-9(8-17)4-6-16/h1-2,7,9,17H,3-6,8H2. The van der Waals surface area contributed by atoms with E-state index in [0.29, 0.717) is 5.92 Å². The van der Waals surface area contributed by atoms with E-state index >= 15 is 0 Å². The molecule has 1 saturated heterocycles. The Kier molecular flexibility index (Phi) is 5.03. The van der Waals surface area contributed by atoms with E-state index in [1.165, 1.54) is 0 Å². The maximum Gasteiger partial charge on any atom is 0.254 e. The van der Waals surface area contributed by atoms with Gasteiger partial charge in [-0.1, -0.05) is 15.9 Å². The quantitative estimate of drug-likeness (QED) is 0.743. The maximum atomic E-state index is 12.4. The third kappa shape index (κ3) is 3.24. The number of aliphatic hydroxyl groups is 1. The number of hydrogen-bond acceptors (Lipinski definition) is 2. The van der Waals surface area contributed by atoms with Crippen molar-refractivity contribution in [1.29, 1.82) is 0 Å². The molecule has 0 unspecified atom stereocenters. The number of piperidine rings is 1. The summed E-state index contributed by atoms with van der Waals surface area (Å²) in [5.74, 6) is 0.452. The van der Waals surface area contributed by atoms with Gasteiger partial charge in [0.1, 0.15) is 0 Å². The Balaban J connectivity index is 2.10. The number of carbonyl (C=O) groups excluding carboxylic acids is 1. The van der Waals surface area contributed by atoms with E-state index < -0.39 is 0 Å². The molecule has 2 rings (SSSR count). The van der Waals surface area contributed by atoms with Crippen LogP contribution in [0, 0.1) is 9.49 Å². The summed E-state index contributed by atoms with van der Waals surface area (Å²) in [5, 5.41) is 9.10. The number of likely N-dealkylation sites (tertiary alicyclic amines) is 1. The fraction of sp³-hybridized carbons (Fsp3) is 0.462. The molecule has 3 nitrogen and oxygen atoms in total. The van der Waals surface area contributed by atoms with Crippen molar-refractivity contribution in [2.45, 2.75) is 12.8 Å². The Hall–Kier alpha value is -0.140. The smallest absolute Gasteiger partial charge is 0.254 e. The van der Waals surface area contributed by atoms with E-state index in [2.05, 4.69) is 38.5 Å². The molecule has 98 valence electrons. The average molecular weight is 424 g/mol. The summed E-state index contributed by atoms with van der Waals surface area (Å²) < 4.78 is 1.90. The highest BCUT2D eigenvalue weighted by Crippen LogP contribution is 2.23. The van der Waals surface area contributed by atoms with Gasteiger partial charge in [0.25, 0.3) is 5.91 Å². The summed E-state index contributed by atoms with van der Waals surface area (Å²) in [5.41, 5.74) is 0.757. The molecule has 0 atom stereocenters. The molecule has 0 aromatic heterocycles. The number of hydrogen-bond donors (Lipinski definition) is 1. The van der Waals surface area contributed by atoms with E-state index in [4.69, 9.17) is 5.11 Å². The highest BCUT2D eigenvalue weighted by Gasteiger charge is 2.24. The molecule has 0 radical (unpaired) electrons. The number of amides is 1. The van der Waals surface area contributed by atoms with Crippen LogP contribution in [0.1, 0.15) is 23.2 Å². The maximum absolute atomic E-state index is 12.4. The monoisotopic (exact) mass is 423 g/mol. The van der Waals surface area contributed by atoms with E-state index in [1.54, 1.807) is 0 Å². The first-order valence-corrected chi connectivity index (χ1v) is 7.84. The van der Waals surface area contributed by atoms with Gasteiger partial charge in [0.2, 0.25) is 0 Å². The molecule has 0 aliphatic carbocycles. The van der Waals surface area contributed by atoms with Gasteiger partial charge in [-0.15, -0.1) is 0 Å². The molecule has 1 heterocycles. The summed E-state index contributed by atoms with van der Waals surface area (Å²) >= 11 is 5.59. The van der Waals surface area contributed by atoms with Crippen LogP contribution in [0.25, 0.3) is 0 Å². The summed E-state index contributed by atoms with van der Waals surface area (Å²) in [7, 11) is 0. The summed E-state index contributed by atoms with van der Waals surface area (Å²) in [6, 6.07) is 5.76. The molecule has 1 aliphatic heterocycles. The van der Waals surface area contributed by atoms with Crippen LogP contribution in [0.4, 0.5) is 0 Å². The van der Waals surface area contributed by atoms with Gasteiger partial charge >= 0.3 is 0 Å². The summed E-state index contributed by atoms with van der Waals surface area (Å²) in [6.45, 7) is 1.72. The predicted molar refractivity (Wildman–Crippen MR) is 82.6 cm³/mol. The zero-order valence-electron chi connectivity index (χ0n) is 9.90. The lowest BCUT2D eigenvalue weighted by Gasteiger charge is -2.31. The third-order valence-corrected chi connectivity index (χ3v) is 4.75. The van der Waals surface area contributed by atoms with Crippen LogP contribution in [0.5, 0.6) is 0 Å². The van der Waals surface area contributed by atoms with Gasteiger partial charge in [-0.05, 0) is 59.5 Å². The molecule has 0 bridgehead atoms. The minimum atomic E-state index is 0.0945. The Labute approximate surface area is 129 Å².